The van der Waals surface area contributed by atoms with E-state index in [4.69, 9.17) is 26.2 Å². The third-order valence-electron chi connectivity index (χ3n) is 7.80. The maximum absolute atomic E-state index is 15.8. The first kappa shape index (κ1) is 26.9. The van der Waals surface area contributed by atoms with Crippen LogP contribution in [0.15, 0.2) is 42.6 Å². The van der Waals surface area contributed by atoms with E-state index in [0.717, 1.165) is 24.3 Å². The molecular weight excluding hydrogens is 510 g/mol. The number of nitrogens with one attached hydrogen (secondary N) is 1. The minimum Gasteiger partial charge on any atom is -0.480 e. The molecule has 5 rings (SSSR count). The molecule has 1 saturated carbocycles. The van der Waals surface area contributed by atoms with Crippen LogP contribution in [-0.4, -0.2) is 35.9 Å². The first-order valence-corrected chi connectivity index (χ1v) is 13.6. The Balaban J connectivity index is 1.57. The molecule has 2 heterocycles. The van der Waals surface area contributed by atoms with E-state index in [1.165, 1.54) is 25.1 Å². The molecule has 0 bridgehead atoms. The molecule has 1 atom stereocenters. The summed E-state index contributed by atoms with van der Waals surface area (Å²) in [5.74, 6) is -0.624. The zero-order valence-electron chi connectivity index (χ0n) is 21.7. The van der Waals surface area contributed by atoms with Gasteiger partial charge in [-0.25, -0.2) is 13.8 Å². The van der Waals surface area contributed by atoms with Crippen LogP contribution >= 0.6 is 11.6 Å². The third-order valence-corrected chi connectivity index (χ3v) is 8.17. The number of rotatable bonds is 8. The van der Waals surface area contributed by atoms with Gasteiger partial charge in [-0.2, -0.15) is 0 Å². The molecule has 0 amide bonds. The van der Waals surface area contributed by atoms with Crippen LogP contribution in [0.3, 0.4) is 0 Å². The van der Waals surface area contributed by atoms with Crippen molar-refractivity contribution in [3.63, 3.8) is 0 Å². The van der Waals surface area contributed by atoms with E-state index in [2.05, 4.69) is 17.2 Å². The van der Waals surface area contributed by atoms with Gasteiger partial charge in [0.15, 0.2) is 11.4 Å². The molecule has 0 spiro atoms. The van der Waals surface area contributed by atoms with Crippen molar-refractivity contribution in [3.8, 4) is 22.8 Å². The van der Waals surface area contributed by atoms with Gasteiger partial charge in [0.05, 0.1) is 11.6 Å². The highest BCUT2D eigenvalue weighted by Gasteiger charge is 2.44. The molecule has 202 valence electrons. The second-order valence-corrected chi connectivity index (χ2v) is 10.9. The molecule has 2 aliphatic rings. The number of aliphatic hydroxyl groups excluding tert-OH is 1. The minimum atomic E-state index is -0.813. The standard InChI is InChI=1S/C30H33ClF2N2O3/c1-18-8-10-21(11-9-18)35-17-30(20-6-4-3-5-7-20)15-22-24(38-30)14-23(32)27(31)26(22)25-19(2)16-34-29(28(25)33)37-13-12-36/h3-7,14,16,18,21,35-36H,8-13,15,17H2,1-2H3/t18?,21?,30-/m1/s1. The van der Waals surface area contributed by atoms with Crippen LogP contribution in [0.5, 0.6) is 11.6 Å². The quantitative estimate of drug-likeness (QED) is 0.347. The summed E-state index contributed by atoms with van der Waals surface area (Å²) < 4.78 is 42.9. The largest absolute Gasteiger partial charge is 0.480 e. The molecule has 1 aromatic heterocycles. The second-order valence-electron chi connectivity index (χ2n) is 10.5. The highest BCUT2D eigenvalue weighted by Crippen LogP contribution is 2.50. The smallest absolute Gasteiger partial charge is 0.251 e. The van der Waals surface area contributed by atoms with Gasteiger partial charge < -0.3 is 19.9 Å². The maximum atomic E-state index is 15.8. The van der Waals surface area contributed by atoms with E-state index >= 15 is 8.78 Å². The van der Waals surface area contributed by atoms with E-state index in [-0.39, 0.29) is 35.2 Å². The van der Waals surface area contributed by atoms with Gasteiger partial charge in [0.2, 0.25) is 0 Å². The molecule has 2 N–H and O–H groups in total. The molecule has 1 aliphatic heterocycles. The molecule has 0 saturated heterocycles. The monoisotopic (exact) mass is 542 g/mol. The van der Waals surface area contributed by atoms with Gasteiger partial charge in [-0.1, -0.05) is 48.9 Å². The molecule has 1 fully saturated rings. The van der Waals surface area contributed by atoms with E-state index in [9.17, 15) is 0 Å². The number of hydrogen-bond donors (Lipinski definition) is 2. The molecule has 8 heteroatoms. The van der Waals surface area contributed by atoms with Gasteiger partial charge in [-0.15, -0.1) is 0 Å². The van der Waals surface area contributed by atoms with Crippen LogP contribution in [0.1, 0.15) is 49.3 Å². The fourth-order valence-corrected chi connectivity index (χ4v) is 5.95. The number of aliphatic hydroxyl groups is 1. The Kier molecular flexibility index (Phi) is 7.89. The van der Waals surface area contributed by atoms with Crippen molar-refractivity contribution < 1.29 is 23.4 Å². The molecule has 38 heavy (non-hydrogen) atoms. The zero-order valence-corrected chi connectivity index (χ0v) is 22.5. The summed E-state index contributed by atoms with van der Waals surface area (Å²) in [6.07, 6.45) is 6.41. The molecular formula is C30H33ClF2N2O3. The zero-order chi connectivity index (χ0) is 26.9. The summed E-state index contributed by atoms with van der Waals surface area (Å²) in [6.45, 7) is 4.10. The lowest BCUT2D eigenvalue weighted by atomic mass is 9.84. The molecule has 0 unspecified atom stereocenters. The Labute approximate surface area is 227 Å². The predicted octanol–water partition coefficient (Wildman–Crippen LogP) is 6.36. The average Bonchev–Trinajstić information content (AvgIpc) is 3.29. The van der Waals surface area contributed by atoms with E-state index in [1.807, 2.05) is 30.3 Å². The fourth-order valence-electron chi connectivity index (χ4n) is 5.68. The van der Waals surface area contributed by atoms with Gasteiger partial charge >= 0.3 is 0 Å². The van der Waals surface area contributed by atoms with E-state index < -0.39 is 17.2 Å². The highest BCUT2D eigenvalue weighted by atomic mass is 35.5. The Bertz CT molecular complexity index is 1300. The number of halogens is 3. The van der Waals surface area contributed by atoms with Gasteiger partial charge in [0, 0.05) is 48.0 Å². The fraction of sp³-hybridized carbons (Fsp3) is 0.433. The summed E-state index contributed by atoms with van der Waals surface area (Å²) in [5, 5.41) is 12.7. The Morgan fingerprint density at radius 2 is 1.89 bits per heavy atom. The number of aromatic nitrogens is 1. The lowest BCUT2D eigenvalue weighted by Crippen LogP contribution is -2.46. The molecule has 0 radical (unpaired) electrons. The molecule has 5 nitrogen and oxygen atoms in total. The first-order chi connectivity index (χ1) is 18.3. The second kappa shape index (κ2) is 11.2. The van der Waals surface area contributed by atoms with Gasteiger partial charge in [-0.3, -0.25) is 0 Å². The van der Waals surface area contributed by atoms with Crippen LogP contribution in [0.2, 0.25) is 5.02 Å². The number of fused-ring (bicyclic) bond motifs is 1. The van der Waals surface area contributed by atoms with Crippen LogP contribution in [-0.2, 0) is 12.0 Å². The van der Waals surface area contributed by atoms with Crippen molar-refractivity contribution in [3.05, 3.63) is 75.9 Å². The van der Waals surface area contributed by atoms with Gasteiger partial charge in [0.1, 0.15) is 18.2 Å². The minimum absolute atomic E-state index is 0.118. The third kappa shape index (κ3) is 5.12. The SMILES string of the molecule is Cc1cnc(OCCO)c(F)c1-c1c(Cl)c(F)cc2c1C[C@@](CNC1CCC(C)CC1)(c1ccccc1)O2. The number of pyridine rings is 1. The van der Waals surface area contributed by atoms with Crippen LogP contribution < -0.4 is 14.8 Å². The number of hydrogen-bond acceptors (Lipinski definition) is 5. The summed E-state index contributed by atoms with van der Waals surface area (Å²) in [7, 11) is 0. The summed E-state index contributed by atoms with van der Waals surface area (Å²) in [4.78, 5) is 4.02. The van der Waals surface area contributed by atoms with E-state index in [0.29, 0.717) is 35.9 Å². The van der Waals surface area contributed by atoms with Crippen molar-refractivity contribution in [2.45, 2.75) is 57.6 Å². The lowest BCUT2D eigenvalue weighted by Gasteiger charge is -2.34. The lowest BCUT2D eigenvalue weighted by molar-refractivity contribution is 0.0845. The van der Waals surface area contributed by atoms with E-state index in [1.54, 1.807) is 6.92 Å². The summed E-state index contributed by atoms with van der Waals surface area (Å²) >= 11 is 6.55. The Morgan fingerprint density at radius 3 is 2.61 bits per heavy atom. The van der Waals surface area contributed by atoms with Crippen LogP contribution in [0.25, 0.3) is 11.1 Å². The van der Waals surface area contributed by atoms with Crippen molar-refractivity contribution >= 4 is 11.6 Å². The summed E-state index contributed by atoms with van der Waals surface area (Å²) in [5.41, 5.74) is 1.63. The van der Waals surface area contributed by atoms with Crippen LogP contribution in [0.4, 0.5) is 8.78 Å². The first-order valence-electron chi connectivity index (χ1n) is 13.2. The number of nitrogens with zero attached hydrogens (tertiary/aromatic N) is 1. The number of benzene rings is 2. The maximum Gasteiger partial charge on any atom is 0.251 e. The molecule has 3 aromatic rings. The Hall–Kier alpha value is -2.74. The summed E-state index contributed by atoms with van der Waals surface area (Å²) in [6, 6.07) is 11.5. The average molecular weight is 543 g/mol. The van der Waals surface area contributed by atoms with Crippen molar-refractivity contribution in [2.24, 2.45) is 5.92 Å². The Morgan fingerprint density at radius 1 is 1.16 bits per heavy atom. The predicted molar refractivity (Wildman–Crippen MR) is 144 cm³/mol. The van der Waals surface area contributed by atoms with Crippen LogP contribution in [0, 0.1) is 24.5 Å². The number of aryl methyl sites for hydroxylation is 1. The number of ether oxygens (including phenoxy) is 2. The van der Waals surface area contributed by atoms with Crippen molar-refractivity contribution in [1.82, 2.24) is 10.3 Å². The molecule has 2 aromatic carbocycles. The van der Waals surface area contributed by atoms with Crippen molar-refractivity contribution in [1.29, 1.82) is 0 Å². The molecule has 1 aliphatic carbocycles. The highest BCUT2D eigenvalue weighted by molar-refractivity contribution is 6.34. The topological polar surface area (TPSA) is 63.6 Å². The van der Waals surface area contributed by atoms with Gasteiger partial charge in [-0.05, 0) is 49.7 Å². The van der Waals surface area contributed by atoms with Crippen molar-refractivity contribution in [2.75, 3.05) is 19.8 Å². The normalized spacial score (nSPS) is 22.7. The van der Waals surface area contributed by atoms with Gasteiger partial charge in [0.25, 0.3) is 5.88 Å².